The zero-order chi connectivity index (χ0) is 37.8. The molecule has 3 N–H and O–H groups in total. The van der Waals surface area contributed by atoms with Crippen molar-refractivity contribution in [1.82, 2.24) is 19.8 Å². The summed E-state index contributed by atoms with van der Waals surface area (Å²) in [7, 11) is 5.25. The predicted octanol–water partition coefficient (Wildman–Crippen LogP) is 5.45. The maximum atomic E-state index is 14.2. The van der Waals surface area contributed by atoms with Crippen molar-refractivity contribution in [2.75, 3.05) is 47.5 Å². The van der Waals surface area contributed by atoms with E-state index in [0.717, 1.165) is 88.1 Å². The zero-order valence-electron chi connectivity index (χ0n) is 32.3. The number of esters is 1. The van der Waals surface area contributed by atoms with Gasteiger partial charge in [0, 0.05) is 88.4 Å². The van der Waals surface area contributed by atoms with Gasteiger partial charge in [0.25, 0.3) is 0 Å². The molecule has 4 aliphatic heterocycles. The van der Waals surface area contributed by atoms with Crippen LogP contribution < -0.4 is 4.74 Å². The van der Waals surface area contributed by atoms with E-state index in [1.54, 1.807) is 21.0 Å². The average Bonchev–Trinajstić information content (AvgIpc) is 3.69. The Balaban J connectivity index is 1.30. The topological polar surface area (TPSA) is 128 Å². The summed E-state index contributed by atoms with van der Waals surface area (Å²) in [6.07, 6.45) is 5.53. The summed E-state index contributed by atoms with van der Waals surface area (Å²) >= 11 is 0. The average molecular weight is 733 g/mol. The van der Waals surface area contributed by atoms with Gasteiger partial charge in [-0.25, -0.2) is 0 Å². The molecule has 3 saturated heterocycles. The molecule has 9 atom stereocenters. The van der Waals surface area contributed by atoms with Crippen LogP contribution in [0.3, 0.4) is 0 Å². The number of para-hydroxylation sites is 1. The van der Waals surface area contributed by atoms with Gasteiger partial charge in [-0.1, -0.05) is 29.8 Å². The zero-order valence-corrected chi connectivity index (χ0v) is 32.3. The summed E-state index contributed by atoms with van der Waals surface area (Å²) in [4.78, 5) is 53.8. The third kappa shape index (κ3) is 4.65. The fourth-order valence-electron chi connectivity index (χ4n) is 12.5. The van der Waals surface area contributed by atoms with Crippen LogP contribution in [0, 0.1) is 23.2 Å². The molecular weight excluding hydrogens is 681 g/mol. The summed E-state index contributed by atoms with van der Waals surface area (Å²) in [5.74, 6) is 0.164. The highest BCUT2D eigenvalue weighted by molar-refractivity contribution is 5.94. The summed E-state index contributed by atoms with van der Waals surface area (Å²) in [6.45, 7) is 7.49. The molecule has 2 aromatic carbocycles. The van der Waals surface area contributed by atoms with E-state index in [2.05, 4.69) is 63.2 Å². The summed E-state index contributed by atoms with van der Waals surface area (Å²) in [5, 5.41) is 13.6. The minimum Gasteiger partial charge on any atom is -0.496 e. The maximum Gasteiger partial charge on any atom is 0.319 e. The minimum absolute atomic E-state index is 0.0127. The molecule has 0 amide bonds. The van der Waals surface area contributed by atoms with Gasteiger partial charge in [0.15, 0.2) is 0 Å². The van der Waals surface area contributed by atoms with Crippen molar-refractivity contribution in [1.29, 1.82) is 0 Å². The molecule has 1 saturated carbocycles. The summed E-state index contributed by atoms with van der Waals surface area (Å²) in [6, 6.07) is 12.3. The number of aromatic nitrogens is 2. The SMILES string of the molecule is C/C=C1/CN(C)[C@H]2Cc3c([nH]c4ccccc34)[C@@H](c3cc4c5c([nH]c4cc3OC)[C@]3(C(=O)OC)C[C@@H]4C[C@H](C(C)=O)[C@@H]3N(CC5)C4)C[C@H]1C2(CO)C(C)=O. The quantitative estimate of drug-likeness (QED) is 0.177. The normalized spacial score (nSPS) is 33.8. The number of H-pyrrole nitrogens is 2. The molecule has 6 bridgehead atoms. The molecule has 6 heterocycles. The van der Waals surface area contributed by atoms with Crippen molar-refractivity contribution in [2.45, 2.75) is 76.3 Å². The Morgan fingerprint density at radius 2 is 1.83 bits per heavy atom. The van der Waals surface area contributed by atoms with E-state index in [4.69, 9.17) is 9.47 Å². The molecule has 54 heavy (non-hydrogen) atoms. The molecule has 2 aliphatic carbocycles. The first kappa shape index (κ1) is 35.5. The maximum absolute atomic E-state index is 14.2. The minimum atomic E-state index is -0.989. The lowest BCUT2D eigenvalue weighted by Crippen LogP contribution is -2.68. The van der Waals surface area contributed by atoms with E-state index < -0.39 is 10.8 Å². The van der Waals surface area contributed by atoms with Crippen LogP contribution in [0.5, 0.6) is 5.75 Å². The Kier molecular flexibility index (Phi) is 8.30. The number of ether oxygens (including phenoxy) is 2. The number of aliphatic hydroxyl groups is 1. The van der Waals surface area contributed by atoms with Gasteiger partial charge < -0.3 is 24.5 Å². The summed E-state index contributed by atoms with van der Waals surface area (Å²) in [5.41, 5.74) is 6.38. The van der Waals surface area contributed by atoms with E-state index in [1.165, 1.54) is 12.7 Å². The number of methoxy groups -OCH3 is 2. The standard InChI is InChI=1S/C44H52N4O6/c1-7-26-21-47(4)38-17-33-27-10-8-9-11-35(27)45-39(33)32(16-34(26)44(38,22-49)24(3)51)31-15-30-28-12-13-48-20-25-14-29(23(2)50)41(48)43(19-25,42(52)54-6)40(28)46-36(30)18-37(31)53-5/h7-11,15,18,25,29,32,34,38,41,45-46,49H,12-14,16-17,19-22H2,1-6H3/b26-7-/t25-,29+,32+,34+,38-,41-,43+,44?/m0/s1. The second kappa shape index (κ2) is 12.6. The van der Waals surface area contributed by atoms with Crippen LogP contribution in [0.25, 0.3) is 21.8 Å². The molecule has 6 aliphatic rings. The monoisotopic (exact) mass is 732 g/mol. The first-order valence-corrected chi connectivity index (χ1v) is 19.6. The number of carbonyl (C=O) groups excluding carboxylic acids is 3. The first-order valence-electron chi connectivity index (χ1n) is 19.6. The Morgan fingerprint density at radius 1 is 1.04 bits per heavy atom. The Morgan fingerprint density at radius 3 is 2.54 bits per heavy atom. The van der Waals surface area contributed by atoms with Crippen molar-refractivity contribution < 1.29 is 29.0 Å². The van der Waals surface area contributed by atoms with E-state index in [0.29, 0.717) is 19.3 Å². The number of likely N-dealkylation sites (tertiary alicyclic amines) is 1. The highest BCUT2D eigenvalue weighted by Crippen LogP contribution is 2.57. The van der Waals surface area contributed by atoms with E-state index >= 15 is 0 Å². The number of hydrogen-bond donors (Lipinski definition) is 3. The molecule has 4 fully saturated rings. The van der Waals surface area contributed by atoms with Gasteiger partial charge in [0.1, 0.15) is 22.7 Å². The number of nitrogens with zero attached hydrogens (tertiary/aromatic N) is 2. The molecule has 2 aromatic heterocycles. The fraction of sp³-hybridized carbons (Fsp3) is 0.523. The number of aliphatic hydroxyl groups excluding tert-OH is 1. The van der Waals surface area contributed by atoms with E-state index in [1.807, 2.05) is 13.0 Å². The number of hydrogen-bond acceptors (Lipinski definition) is 8. The van der Waals surface area contributed by atoms with Crippen molar-refractivity contribution in [3.63, 3.8) is 0 Å². The van der Waals surface area contributed by atoms with Crippen LogP contribution in [0.4, 0.5) is 0 Å². The van der Waals surface area contributed by atoms with Crippen LogP contribution in [0.1, 0.15) is 74.0 Å². The van der Waals surface area contributed by atoms with Crippen molar-refractivity contribution in [2.24, 2.45) is 23.2 Å². The lowest BCUT2D eigenvalue weighted by atomic mass is 9.56. The van der Waals surface area contributed by atoms with Gasteiger partial charge >= 0.3 is 5.97 Å². The number of aromatic amines is 2. The van der Waals surface area contributed by atoms with Crippen LogP contribution >= 0.6 is 0 Å². The molecule has 4 aromatic rings. The van der Waals surface area contributed by atoms with Crippen LogP contribution in [0.15, 0.2) is 48.0 Å². The van der Waals surface area contributed by atoms with Crippen LogP contribution in [-0.2, 0) is 37.4 Å². The fourth-order valence-corrected chi connectivity index (χ4v) is 12.5. The third-order valence-corrected chi connectivity index (χ3v) is 14.7. The van der Waals surface area contributed by atoms with E-state index in [-0.39, 0.29) is 59.9 Å². The molecule has 2 unspecified atom stereocenters. The summed E-state index contributed by atoms with van der Waals surface area (Å²) < 4.78 is 11.9. The Hall–Kier alpha value is -4.25. The third-order valence-electron chi connectivity index (χ3n) is 14.7. The molecule has 10 nitrogen and oxygen atoms in total. The second-order valence-electron chi connectivity index (χ2n) is 17.0. The van der Waals surface area contributed by atoms with Gasteiger partial charge in [-0.05, 0) is 95.0 Å². The molecule has 10 rings (SSSR count). The smallest absolute Gasteiger partial charge is 0.319 e. The van der Waals surface area contributed by atoms with Gasteiger partial charge in [-0.15, -0.1) is 0 Å². The highest BCUT2D eigenvalue weighted by Gasteiger charge is 2.64. The Bertz CT molecular complexity index is 2250. The highest BCUT2D eigenvalue weighted by atomic mass is 16.5. The number of ketones is 2. The molecule has 0 spiro atoms. The molecular formula is C44H52N4O6. The second-order valence-corrected chi connectivity index (χ2v) is 17.0. The lowest BCUT2D eigenvalue weighted by Gasteiger charge is -2.57. The lowest BCUT2D eigenvalue weighted by molar-refractivity contribution is -0.164. The van der Waals surface area contributed by atoms with E-state index in [9.17, 15) is 19.5 Å². The number of rotatable bonds is 6. The largest absolute Gasteiger partial charge is 0.496 e. The number of benzene rings is 2. The Labute approximate surface area is 316 Å². The number of likely N-dealkylation sites (N-methyl/N-ethyl adjacent to an activating group) is 1. The molecule has 10 heteroatoms. The molecule has 284 valence electrons. The van der Waals surface area contributed by atoms with Gasteiger partial charge in [0.2, 0.25) is 0 Å². The number of fused-ring (bicyclic) bond motifs is 9. The van der Waals surface area contributed by atoms with Crippen LogP contribution in [-0.4, -0.2) is 102 Å². The number of Topliss-reactive ketones (excluding diaryl/α,β-unsaturated/α-hetero) is 2. The number of piperidine rings is 3. The van der Waals surface area contributed by atoms with Crippen LogP contribution in [0.2, 0.25) is 0 Å². The number of carbonyl (C=O) groups is 3. The molecule has 0 radical (unpaired) electrons. The number of nitrogens with one attached hydrogen (secondary N) is 2. The van der Waals surface area contributed by atoms with Gasteiger partial charge in [0.05, 0.1) is 26.2 Å². The van der Waals surface area contributed by atoms with Gasteiger partial charge in [-0.3, -0.25) is 24.2 Å². The number of allylic oxidation sites excluding steroid dienone is 1. The van der Waals surface area contributed by atoms with Crippen molar-refractivity contribution in [3.05, 3.63) is 76.1 Å². The predicted molar refractivity (Wildman–Crippen MR) is 207 cm³/mol. The van der Waals surface area contributed by atoms with Gasteiger partial charge in [-0.2, -0.15) is 0 Å². The van der Waals surface area contributed by atoms with Crippen molar-refractivity contribution in [3.8, 4) is 5.75 Å². The van der Waals surface area contributed by atoms with Crippen molar-refractivity contribution >= 4 is 39.3 Å². The first-order chi connectivity index (χ1) is 26.0.